The molecule has 0 bridgehead atoms. The van der Waals surface area contributed by atoms with Gasteiger partial charge in [-0.05, 0) is 58.0 Å². The molecule has 2 aliphatic heterocycles. The fourth-order valence-electron chi connectivity index (χ4n) is 4.64. The van der Waals surface area contributed by atoms with Gasteiger partial charge in [0, 0.05) is 25.7 Å². The number of aromatic amines is 1. The highest BCUT2D eigenvalue weighted by Crippen LogP contribution is 2.31. The van der Waals surface area contributed by atoms with Gasteiger partial charge in [0.1, 0.15) is 17.3 Å². The Morgan fingerprint density at radius 2 is 1.84 bits per heavy atom. The van der Waals surface area contributed by atoms with Gasteiger partial charge in [0.15, 0.2) is 5.82 Å². The number of likely N-dealkylation sites (tertiary alicyclic amines) is 1. The molecule has 32 heavy (non-hydrogen) atoms. The van der Waals surface area contributed by atoms with Gasteiger partial charge in [-0.15, -0.1) is 0 Å². The van der Waals surface area contributed by atoms with Gasteiger partial charge in [-0.3, -0.25) is 19.5 Å². The Bertz CT molecular complexity index is 996. The number of rotatable bonds is 7. The van der Waals surface area contributed by atoms with Crippen LogP contribution in [-0.2, 0) is 11.3 Å². The highest BCUT2D eigenvalue weighted by Gasteiger charge is 2.29. The molecule has 0 spiro atoms. The molecule has 8 nitrogen and oxygen atoms in total. The highest BCUT2D eigenvalue weighted by atomic mass is 19.1. The maximum absolute atomic E-state index is 14.5. The van der Waals surface area contributed by atoms with E-state index < -0.39 is 22.9 Å². The molecule has 2 saturated heterocycles. The number of piperidine rings is 1. The minimum atomic E-state index is -0.914. The first-order valence-electron chi connectivity index (χ1n) is 11.0. The van der Waals surface area contributed by atoms with Crippen LogP contribution in [0, 0.1) is 11.6 Å². The number of halogens is 2. The second-order valence-corrected chi connectivity index (χ2v) is 8.23. The van der Waals surface area contributed by atoms with E-state index in [2.05, 4.69) is 20.2 Å². The van der Waals surface area contributed by atoms with E-state index in [-0.39, 0.29) is 24.3 Å². The van der Waals surface area contributed by atoms with Gasteiger partial charge in [0.2, 0.25) is 12.4 Å². The van der Waals surface area contributed by atoms with Crippen LogP contribution in [0.5, 0.6) is 0 Å². The molecule has 0 aliphatic carbocycles. The standard InChI is InChI=1S/C22H28F2N6O2/c1-25-13-16-20(30(14-31)19-17(23)5-4-6-18(19)24)26-22(27-21(16)32)29-11-7-15(8-12-29)28-9-2-3-10-28/h4-6,14-15,25H,2-3,7-13H2,1H3,(H,26,27,32). The van der Waals surface area contributed by atoms with Gasteiger partial charge in [-0.25, -0.2) is 8.78 Å². The first-order valence-corrected chi connectivity index (χ1v) is 11.0. The zero-order valence-electron chi connectivity index (χ0n) is 18.1. The lowest BCUT2D eigenvalue weighted by Crippen LogP contribution is -2.45. The average molecular weight is 447 g/mol. The summed E-state index contributed by atoms with van der Waals surface area (Å²) < 4.78 is 28.9. The summed E-state index contributed by atoms with van der Waals surface area (Å²) in [5.74, 6) is -1.61. The smallest absolute Gasteiger partial charge is 0.258 e. The van der Waals surface area contributed by atoms with Crippen molar-refractivity contribution in [2.75, 3.05) is 43.0 Å². The van der Waals surface area contributed by atoms with Crippen molar-refractivity contribution < 1.29 is 13.6 Å². The van der Waals surface area contributed by atoms with E-state index in [9.17, 15) is 18.4 Å². The van der Waals surface area contributed by atoms with Crippen molar-refractivity contribution in [1.82, 2.24) is 20.2 Å². The van der Waals surface area contributed by atoms with E-state index in [0.29, 0.717) is 25.1 Å². The summed E-state index contributed by atoms with van der Waals surface area (Å²) in [5.41, 5.74) is -0.890. The molecule has 4 rings (SSSR count). The molecule has 0 saturated carbocycles. The van der Waals surface area contributed by atoms with E-state index >= 15 is 0 Å². The number of hydrogen-bond donors (Lipinski definition) is 2. The van der Waals surface area contributed by atoms with Crippen LogP contribution in [0.2, 0.25) is 0 Å². The van der Waals surface area contributed by atoms with Crippen LogP contribution in [0.15, 0.2) is 23.0 Å². The molecule has 2 N–H and O–H groups in total. The van der Waals surface area contributed by atoms with Gasteiger partial charge in [0.05, 0.1) is 5.56 Å². The molecule has 3 heterocycles. The maximum atomic E-state index is 14.5. The van der Waals surface area contributed by atoms with Gasteiger partial charge in [-0.1, -0.05) is 6.07 Å². The Labute approximate surface area is 185 Å². The molecule has 2 fully saturated rings. The Morgan fingerprint density at radius 3 is 2.44 bits per heavy atom. The number of benzene rings is 1. The monoisotopic (exact) mass is 446 g/mol. The fourth-order valence-corrected chi connectivity index (χ4v) is 4.64. The maximum Gasteiger partial charge on any atom is 0.258 e. The Hall–Kier alpha value is -2.85. The van der Waals surface area contributed by atoms with Crippen LogP contribution in [0.1, 0.15) is 31.2 Å². The van der Waals surface area contributed by atoms with Crippen LogP contribution < -0.4 is 20.7 Å². The molecule has 1 aromatic heterocycles. The molecule has 0 atom stereocenters. The molecule has 0 unspecified atom stereocenters. The van der Waals surface area contributed by atoms with Crippen LogP contribution >= 0.6 is 0 Å². The summed E-state index contributed by atoms with van der Waals surface area (Å²) in [6.07, 6.45) is 4.64. The molecular weight excluding hydrogens is 418 g/mol. The fraction of sp³-hybridized carbons (Fsp3) is 0.500. The SMILES string of the molecule is CNCc1c(N(C=O)c2c(F)cccc2F)nc(N2CCC(N3CCCC3)CC2)[nH]c1=O. The van der Waals surface area contributed by atoms with Crippen molar-refractivity contribution in [2.45, 2.75) is 38.3 Å². The molecule has 0 radical (unpaired) electrons. The van der Waals surface area contributed by atoms with Crippen LogP contribution in [0.25, 0.3) is 0 Å². The van der Waals surface area contributed by atoms with Crippen molar-refractivity contribution in [3.8, 4) is 0 Å². The number of para-hydroxylation sites is 1. The number of hydrogen-bond acceptors (Lipinski definition) is 6. The van der Waals surface area contributed by atoms with Crippen molar-refractivity contribution in [3.05, 3.63) is 45.8 Å². The number of amides is 1. The van der Waals surface area contributed by atoms with E-state index in [1.165, 1.54) is 18.9 Å². The number of carbonyl (C=O) groups is 1. The first-order chi connectivity index (χ1) is 15.5. The second kappa shape index (κ2) is 9.74. The molecule has 1 aromatic carbocycles. The molecule has 1 amide bonds. The molecule has 2 aromatic rings. The summed E-state index contributed by atoms with van der Waals surface area (Å²) in [4.78, 5) is 37.4. The van der Waals surface area contributed by atoms with Crippen LogP contribution in [0.3, 0.4) is 0 Å². The van der Waals surface area contributed by atoms with Crippen molar-refractivity contribution in [2.24, 2.45) is 0 Å². The van der Waals surface area contributed by atoms with Gasteiger partial charge in [-0.2, -0.15) is 4.98 Å². The molecule has 10 heteroatoms. The molecule has 172 valence electrons. The van der Waals surface area contributed by atoms with Gasteiger partial charge >= 0.3 is 0 Å². The quantitative estimate of drug-likeness (QED) is 0.634. The van der Waals surface area contributed by atoms with Gasteiger partial charge in [0.25, 0.3) is 5.56 Å². The Kier molecular flexibility index (Phi) is 6.80. The third-order valence-corrected chi connectivity index (χ3v) is 6.27. The van der Waals surface area contributed by atoms with Crippen LogP contribution in [0.4, 0.5) is 26.2 Å². The van der Waals surface area contributed by atoms with Gasteiger partial charge < -0.3 is 15.1 Å². The number of nitrogens with one attached hydrogen (secondary N) is 2. The molecule has 2 aliphatic rings. The lowest BCUT2D eigenvalue weighted by Gasteiger charge is -2.37. The summed E-state index contributed by atoms with van der Waals surface area (Å²) in [5, 5.41) is 2.85. The van der Waals surface area contributed by atoms with Crippen molar-refractivity contribution in [1.29, 1.82) is 0 Å². The predicted octanol–water partition coefficient (Wildman–Crippen LogP) is 2.13. The van der Waals surface area contributed by atoms with E-state index in [0.717, 1.165) is 43.0 Å². The topological polar surface area (TPSA) is 84.6 Å². The third-order valence-electron chi connectivity index (χ3n) is 6.27. The van der Waals surface area contributed by atoms with Crippen molar-refractivity contribution >= 4 is 23.9 Å². The highest BCUT2D eigenvalue weighted by molar-refractivity contribution is 5.86. The first kappa shape index (κ1) is 22.3. The average Bonchev–Trinajstić information content (AvgIpc) is 3.33. The number of H-pyrrole nitrogens is 1. The lowest BCUT2D eigenvalue weighted by molar-refractivity contribution is -0.106. The minimum Gasteiger partial charge on any atom is -0.342 e. The van der Waals surface area contributed by atoms with Crippen LogP contribution in [-0.4, -0.2) is 60.5 Å². The van der Waals surface area contributed by atoms with E-state index in [4.69, 9.17) is 0 Å². The van der Waals surface area contributed by atoms with E-state index in [1.54, 1.807) is 7.05 Å². The second-order valence-electron chi connectivity index (χ2n) is 8.23. The number of anilines is 3. The lowest BCUT2D eigenvalue weighted by atomic mass is 10.0. The zero-order chi connectivity index (χ0) is 22.7. The number of nitrogens with zero attached hydrogens (tertiary/aromatic N) is 4. The minimum absolute atomic E-state index is 0.0788. The largest absolute Gasteiger partial charge is 0.342 e. The summed E-state index contributed by atoms with van der Waals surface area (Å²) in [6.45, 7) is 3.74. The number of carbonyl (C=O) groups excluding carboxylic acids is 1. The predicted molar refractivity (Wildman–Crippen MR) is 118 cm³/mol. The Morgan fingerprint density at radius 1 is 1.19 bits per heavy atom. The van der Waals surface area contributed by atoms with Crippen molar-refractivity contribution in [3.63, 3.8) is 0 Å². The summed E-state index contributed by atoms with van der Waals surface area (Å²) in [6, 6.07) is 3.85. The van der Waals surface area contributed by atoms with E-state index in [1.807, 2.05) is 4.90 Å². The summed E-state index contributed by atoms with van der Waals surface area (Å²) in [7, 11) is 1.63. The molecular formula is C22H28F2N6O2. The normalized spacial score (nSPS) is 17.7. The summed E-state index contributed by atoms with van der Waals surface area (Å²) >= 11 is 0. The number of aromatic nitrogens is 2. The Balaban J connectivity index is 1.67. The zero-order valence-corrected chi connectivity index (χ0v) is 18.1. The third kappa shape index (κ3) is 4.37.